The van der Waals surface area contributed by atoms with Crippen LogP contribution in [-0.4, -0.2) is 53.9 Å². The molecule has 2 aromatic carbocycles. The van der Waals surface area contributed by atoms with Gasteiger partial charge in [-0.05, 0) is 55.9 Å². The Morgan fingerprint density at radius 3 is 2.03 bits per heavy atom. The molecule has 0 unspecified atom stereocenters. The molecule has 0 radical (unpaired) electrons. The molecule has 1 aliphatic heterocycles. The van der Waals surface area contributed by atoms with Crippen LogP contribution in [0.1, 0.15) is 50.7 Å². The van der Waals surface area contributed by atoms with Crippen molar-refractivity contribution in [2.45, 2.75) is 50.7 Å². The van der Waals surface area contributed by atoms with Crippen LogP contribution in [0.15, 0.2) is 48.5 Å². The molecule has 180 valence electrons. The number of fused-ring (bicyclic) bond motifs is 3. The molecule has 1 N–H and O–H groups in total. The maximum Gasteiger partial charge on any atom is 0.409 e. The van der Waals surface area contributed by atoms with E-state index in [1.54, 1.807) is 20.8 Å². The van der Waals surface area contributed by atoms with Crippen LogP contribution in [0.3, 0.4) is 0 Å². The van der Waals surface area contributed by atoms with Gasteiger partial charge in [0.25, 0.3) is 0 Å². The highest BCUT2D eigenvalue weighted by molar-refractivity contribution is 5.84. The summed E-state index contributed by atoms with van der Waals surface area (Å²) in [5.41, 5.74) is 2.16. The number of carbonyl (C=O) groups excluding carboxylic acids is 3. The fourth-order valence-corrected chi connectivity index (χ4v) is 4.64. The zero-order valence-corrected chi connectivity index (χ0v) is 19.6. The van der Waals surface area contributed by atoms with Crippen molar-refractivity contribution in [2.24, 2.45) is 0 Å². The first kappa shape index (κ1) is 23.6. The van der Waals surface area contributed by atoms with Gasteiger partial charge in [-0.2, -0.15) is 0 Å². The van der Waals surface area contributed by atoms with Gasteiger partial charge in [0, 0.05) is 19.0 Å². The number of piperidine rings is 1. The van der Waals surface area contributed by atoms with E-state index in [1.807, 2.05) is 36.4 Å². The number of benzene rings is 2. The molecule has 1 saturated heterocycles. The number of ether oxygens (including phenoxy) is 2. The summed E-state index contributed by atoms with van der Waals surface area (Å²) in [6, 6.07) is 16.2. The predicted molar refractivity (Wildman–Crippen MR) is 123 cm³/mol. The van der Waals surface area contributed by atoms with E-state index in [0.717, 1.165) is 22.3 Å². The van der Waals surface area contributed by atoms with E-state index < -0.39 is 29.3 Å². The molecule has 2 aromatic rings. The van der Waals surface area contributed by atoms with Gasteiger partial charge in [-0.1, -0.05) is 48.5 Å². The highest BCUT2D eigenvalue weighted by atomic mass is 16.6. The zero-order valence-electron chi connectivity index (χ0n) is 19.6. The fourth-order valence-electron chi connectivity index (χ4n) is 4.64. The van der Waals surface area contributed by atoms with E-state index in [1.165, 1.54) is 4.90 Å². The Kier molecular flexibility index (Phi) is 6.25. The van der Waals surface area contributed by atoms with Crippen molar-refractivity contribution >= 4 is 18.2 Å². The second-order valence-electron chi connectivity index (χ2n) is 9.79. The van der Waals surface area contributed by atoms with Crippen LogP contribution in [0.25, 0.3) is 11.1 Å². The van der Waals surface area contributed by atoms with Crippen molar-refractivity contribution in [1.29, 1.82) is 0 Å². The van der Waals surface area contributed by atoms with E-state index in [9.17, 15) is 19.5 Å². The van der Waals surface area contributed by atoms with Crippen molar-refractivity contribution in [3.05, 3.63) is 59.7 Å². The Morgan fingerprint density at radius 2 is 1.53 bits per heavy atom. The quantitative estimate of drug-likeness (QED) is 0.744. The van der Waals surface area contributed by atoms with Crippen LogP contribution >= 0.6 is 0 Å². The Balaban J connectivity index is 1.38. The molecule has 1 aliphatic carbocycles. The summed E-state index contributed by atoms with van der Waals surface area (Å²) < 4.78 is 10.9. The summed E-state index contributed by atoms with van der Waals surface area (Å²) in [6.45, 7) is 5.49. The molecule has 0 aromatic heterocycles. The largest absolute Gasteiger partial charge is 0.548 e. The van der Waals surface area contributed by atoms with E-state index in [4.69, 9.17) is 9.47 Å². The lowest BCUT2D eigenvalue weighted by molar-refractivity contribution is -0.315. The summed E-state index contributed by atoms with van der Waals surface area (Å²) >= 11 is 0. The number of hydrogen-bond donors (Lipinski definition) is 1. The number of rotatable bonds is 4. The smallest absolute Gasteiger partial charge is 0.409 e. The minimum atomic E-state index is -1.59. The van der Waals surface area contributed by atoms with Gasteiger partial charge >= 0.3 is 12.2 Å². The predicted octanol–water partition coefficient (Wildman–Crippen LogP) is 3.04. The third-order valence-corrected chi connectivity index (χ3v) is 6.34. The lowest BCUT2D eigenvalue weighted by Gasteiger charge is -2.42. The van der Waals surface area contributed by atoms with Crippen LogP contribution in [0.4, 0.5) is 9.59 Å². The lowest BCUT2D eigenvalue weighted by atomic mass is 9.88. The topological polar surface area (TPSA) is 108 Å². The highest BCUT2D eigenvalue weighted by Crippen LogP contribution is 2.44. The number of nitrogens with one attached hydrogen (secondary N) is 1. The number of amides is 2. The van der Waals surface area contributed by atoms with Crippen molar-refractivity contribution in [2.75, 3.05) is 19.7 Å². The molecule has 0 spiro atoms. The van der Waals surface area contributed by atoms with E-state index in [0.29, 0.717) is 0 Å². The minimum Gasteiger partial charge on any atom is -0.548 e. The molecule has 2 amide bonds. The second kappa shape index (κ2) is 9.00. The number of carboxylic acids is 1. The number of alkyl carbamates (subject to hydrolysis) is 1. The molecule has 8 nitrogen and oxygen atoms in total. The Labute approximate surface area is 198 Å². The first-order valence-electron chi connectivity index (χ1n) is 11.4. The first-order valence-corrected chi connectivity index (χ1v) is 11.4. The summed E-state index contributed by atoms with van der Waals surface area (Å²) in [5, 5.41) is 14.3. The van der Waals surface area contributed by atoms with Gasteiger partial charge in [0.15, 0.2) is 0 Å². The van der Waals surface area contributed by atoms with Gasteiger partial charge in [0.1, 0.15) is 12.2 Å². The van der Waals surface area contributed by atoms with Gasteiger partial charge in [-0.25, -0.2) is 9.59 Å². The van der Waals surface area contributed by atoms with Crippen molar-refractivity contribution in [1.82, 2.24) is 10.2 Å². The normalized spacial score (nSPS) is 16.9. The summed E-state index contributed by atoms with van der Waals surface area (Å²) in [6.07, 6.45) is -1.34. The van der Waals surface area contributed by atoms with Gasteiger partial charge in [-0.3, -0.25) is 0 Å². The number of hydrogen-bond acceptors (Lipinski definition) is 6. The lowest BCUT2D eigenvalue weighted by Crippen LogP contribution is -2.65. The van der Waals surface area contributed by atoms with E-state index >= 15 is 0 Å². The Bertz CT molecular complexity index is 1050. The highest BCUT2D eigenvalue weighted by Gasteiger charge is 2.40. The SMILES string of the molecule is CC(C)(C)OC(=O)NC1(C(=O)[O-])CCN(C(=O)OCC2c3ccccc3-c3ccccc32)CC1. The van der Waals surface area contributed by atoms with Gasteiger partial charge in [0.2, 0.25) is 0 Å². The standard InChI is InChI=1S/C26H30N2O6/c1-25(2,3)34-23(31)27-26(22(29)30)12-14-28(15-13-26)24(32)33-16-21-19-10-6-4-8-17(19)18-9-5-7-11-20(18)21/h4-11,21H,12-16H2,1-3H3,(H,27,31)(H,29,30)/p-1. The Morgan fingerprint density at radius 1 is 1.00 bits per heavy atom. The molecule has 0 saturated carbocycles. The monoisotopic (exact) mass is 465 g/mol. The van der Waals surface area contributed by atoms with Gasteiger partial charge in [0.05, 0.1) is 11.5 Å². The third kappa shape index (κ3) is 4.71. The van der Waals surface area contributed by atoms with Crippen LogP contribution in [0.2, 0.25) is 0 Å². The first-order chi connectivity index (χ1) is 16.1. The van der Waals surface area contributed by atoms with E-state index in [2.05, 4.69) is 17.4 Å². The summed E-state index contributed by atoms with van der Waals surface area (Å²) in [4.78, 5) is 38.3. The summed E-state index contributed by atoms with van der Waals surface area (Å²) in [5.74, 6) is -1.46. The van der Waals surface area contributed by atoms with Crippen LogP contribution in [-0.2, 0) is 14.3 Å². The summed E-state index contributed by atoms with van der Waals surface area (Å²) in [7, 11) is 0. The maximum absolute atomic E-state index is 12.8. The minimum absolute atomic E-state index is 0.00122. The number of likely N-dealkylation sites (tertiary alicyclic amines) is 1. The maximum atomic E-state index is 12.8. The molecule has 34 heavy (non-hydrogen) atoms. The average Bonchev–Trinajstić information content (AvgIpc) is 3.10. The number of nitrogens with zero attached hydrogens (tertiary/aromatic N) is 1. The molecule has 0 atom stereocenters. The van der Waals surface area contributed by atoms with Gasteiger partial charge < -0.3 is 29.6 Å². The van der Waals surface area contributed by atoms with Crippen LogP contribution in [0, 0.1) is 0 Å². The van der Waals surface area contributed by atoms with Crippen molar-refractivity contribution in [3.63, 3.8) is 0 Å². The number of aliphatic carboxylic acids is 1. The second-order valence-corrected chi connectivity index (χ2v) is 9.79. The molecule has 1 heterocycles. The fraction of sp³-hybridized carbons (Fsp3) is 0.423. The molecular formula is C26H29N2O6-. The molecule has 1 fully saturated rings. The molecular weight excluding hydrogens is 436 g/mol. The molecule has 2 aliphatic rings. The number of carboxylic acid groups (broad SMARTS) is 1. The molecule has 0 bridgehead atoms. The third-order valence-electron chi connectivity index (χ3n) is 6.34. The van der Waals surface area contributed by atoms with Gasteiger partial charge in [-0.15, -0.1) is 0 Å². The number of carbonyl (C=O) groups is 3. The van der Waals surface area contributed by atoms with E-state index in [-0.39, 0.29) is 38.5 Å². The molecule has 4 rings (SSSR count). The average molecular weight is 466 g/mol. The van der Waals surface area contributed by atoms with Crippen molar-refractivity contribution in [3.8, 4) is 11.1 Å². The zero-order chi connectivity index (χ0) is 24.5. The van der Waals surface area contributed by atoms with Crippen molar-refractivity contribution < 1.29 is 29.0 Å². The Hall–Kier alpha value is -3.55. The van der Waals surface area contributed by atoms with Crippen LogP contribution in [0.5, 0.6) is 0 Å². The van der Waals surface area contributed by atoms with Crippen LogP contribution < -0.4 is 10.4 Å². The molecule has 8 heteroatoms.